The van der Waals surface area contributed by atoms with Crippen molar-refractivity contribution < 1.29 is 0 Å². The molecular formula is C12H9N3. The van der Waals surface area contributed by atoms with Crippen molar-refractivity contribution in [1.29, 1.82) is 0 Å². The van der Waals surface area contributed by atoms with Crippen molar-refractivity contribution in [3.63, 3.8) is 0 Å². The van der Waals surface area contributed by atoms with E-state index in [0.29, 0.717) is 5.65 Å². The predicted molar refractivity (Wildman–Crippen MR) is 61.5 cm³/mol. The second-order valence-corrected chi connectivity index (χ2v) is 3.42. The maximum atomic E-state index is 6.07. The van der Waals surface area contributed by atoms with Crippen LogP contribution in [0.3, 0.4) is 0 Å². The third-order valence-corrected chi connectivity index (χ3v) is 2.50. The fraction of sp³-hybridized carbons (Fsp3) is 0. The van der Waals surface area contributed by atoms with Crippen molar-refractivity contribution in [2.24, 2.45) is 0 Å². The minimum absolute atomic E-state index is 0.714. The van der Waals surface area contributed by atoms with E-state index in [4.69, 9.17) is 5.73 Å². The lowest BCUT2D eigenvalue weighted by Gasteiger charge is -1.99. The number of hydrogen-bond acceptors (Lipinski definition) is 3. The zero-order chi connectivity index (χ0) is 10.3. The topological polar surface area (TPSA) is 51.8 Å². The summed E-state index contributed by atoms with van der Waals surface area (Å²) in [6, 6.07) is 11.7. The lowest BCUT2D eigenvalue weighted by atomic mass is 10.2. The summed E-state index contributed by atoms with van der Waals surface area (Å²) in [6.07, 6.45) is 1.73. The molecule has 0 aliphatic carbocycles. The van der Waals surface area contributed by atoms with Crippen molar-refractivity contribution in [1.82, 2.24) is 9.97 Å². The molecule has 15 heavy (non-hydrogen) atoms. The summed E-state index contributed by atoms with van der Waals surface area (Å²) < 4.78 is 0. The molecule has 3 rings (SSSR count). The van der Waals surface area contributed by atoms with Gasteiger partial charge in [0.25, 0.3) is 0 Å². The van der Waals surface area contributed by atoms with Gasteiger partial charge in [-0.25, -0.2) is 9.97 Å². The Bertz CT molecular complexity index is 646. The second kappa shape index (κ2) is 2.92. The minimum Gasteiger partial charge on any atom is -0.398 e. The highest BCUT2D eigenvalue weighted by Gasteiger charge is 2.05. The number of anilines is 1. The molecule has 0 atom stereocenters. The number of fused-ring (bicyclic) bond motifs is 2. The standard InChI is InChI=1S/C12H9N3/c13-11-8-4-2-1-3-5-10(8)15-12-9(11)6-7-14-12/h1-7H,13H2. The van der Waals surface area contributed by atoms with Gasteiger partial charge in [-0.15, -0.1) is 0 Å². The Morgan fingerprint density at radius 2 is 1.80 bits per heavy atom. The molecule has 0 spiro atoms. The molecule has 0 amide bonds. The van der Waals surface area contributed by atoms with Gasteiger partial charge in [0, 0.05) is 17.0 Å². The van der Waals surface area contributed by atoms with Crippen molar-refractivity contribution in [2.45, 2.75) is 0 Å². The minimum atomic E-state index is 0.714. The van der Waals surface area contributed by atoms with Gasteiger partial charge in [-0.05, 0) is 12.1 Å². The van der Waals surface area contributed by atoms with E-state index in [1.165, 1.54) is 0 Å². The zero-order valence-corrected chi connectivity index (χ0v) is 8.01. The SMILES string of the molecule is Nc1c2cccccc2nc2nccc12. The first-order valence-electron chi connectivity index (χ1n) is 4.75. The van der Waals surface area contributed by atoms with Gasteiger partial charge in [-0.1, -0.05) is 24.3 Å². The van der Waals surface area contributed by atoms with E-state index in [1.807, 2.05) is 36.4 Å². The molecule has 0 saturated carbocycles. The van der Waals surface area contributed by atoms with E-state index >= 15 is 0 Å². The molecule has 2 N–H and O–H groups in total. The van der Waals surface area contributed by atoms with Crippen LogP contribution in [0.2, 0.25) is 0 Å². The summed E-state index contributed by atoms with van der Waals surface area (Å²) in [5.41, 5.74) is 8.42. The van der Waals surface area contributed by atoms with Gasteiger partial charge in [-0.2, -0.15) is 0 Å². The lowest BCUT2D eigenvalue weighted by Crippen LogP contribution is -1.89. The summed E-state index contributed by atoms with van der Waals surface area (Å²) >= 11 is 0. The van der Waals surface area contributed by atoms with Crippen LogP contribution in [0.1, 0.15) is 0 Å². The molecule has 0 fully saturated rings. The molecule has 0 bridgehead atoms. The van der Waals surface area contributed by atoms with Gasteiger partial charge >= 0.3 is 0 Å². The van der Waals surface area contributed by atoms with Crippen LogP contribution in [0.5, 0.6) is 0 Å². The molecule has 3 nitrogen and oxygen atoms in total. The third-order valence-electron chi connectivity index (χ3n) is 2.50. The first-order chi connectivity index (χ1) is 7.36. The Morgan fingerprint density at radius 1 is 0.933 bits per heavy atom. The van der Waals surface area contributed by atoms with Crippen LogP contribution < -0.4 is 5.73 Å². The molecule has 0 aliphatic rings. The van der Waals surface area contributed by atoms with Crippen LogP contribution in [0.25, 0.3) is 21.9 Å². The fourth-order valence-electron chi connectivity index (χ4n) is 1.75. The number of nitrogens with zero attached hydrogens (tertiary/aromatic N) is 2. The molecule has 2 aromatic heterocycles. The van der Waals surface area contributed by atoms with Gasteiger partial charge in [0.15, 0.2) is 5.65 Å². The monoisotopic (exact) mass is 195 g/mol. The van der Waals surface area contributed by atoms with Gasteiger partial charge < -0.3 is 5.73 Å². The number of nitrogen functional groups attached to an aromatic ring is 1. The average molecular weight is 195 g/mol. The maximum Gasteiger partial charge on any atom is 0.161 e. The van der Waals surface area contributed by atoms with Crippen LogP contribution in [0, 0.1) is 0 Å². The molecular weight excluding hydrogens is 186 g/mol. The van der Waals surface area contributed by atoms with Crippen molar-refractivity contribution in [2.75, 3.05) is 5.73 Å². The molecule has 0 aliphatic heterocycles. The molecule has 72 valence electrons. The fourth-order valence-corrected chi connectivity index (χ4v) is 1.75. The summed E-state index contributed by atoms with van der Waals surface area (Å²) in [5.74, 6) is 0. The molecule has 2 heterocycles. The van der Waals surface area contributed by atoms with E-state index in [-0.39, 0.29) is 0 Å². The maximum absolute atomic E-state index is 6.07. The molecule has 0 radical (unpaired) electrons. The lowest BCUT2D eigenvalue weighted by molar-refractivity contribution is 1.37. The Kier molecular flexibility index (Phi) is 1.59. The van der Waals surface area contributed by atoms with E-state index in [0.717, 1.165) is 22.0 Å². The molecule has 3 aromatic rings. The van der Waals surface area contributed by atoms with Crippen LogP contribution in [-0.2, 0) is 0 Å². The highest BCUT2D eigenvalue weighted by molar-refractivity contribution is 6.05. The smallest absolute Gasteiger partial charge is 0.161 e. The molecule has 0 unspecified atom stereocenters. The summed E-state index contributed by atoms with van der Waals surface area (Å²) in [7, 11) is 0. The Labute approximate surface area is 86.6 Å². The number of aromatic nitrogens is 2. The zero-order valence-electron chi connectivity index (χ0n) is 8.01. The van der Waals surface area contributed by atoms with Gasteiger partial charge in [0.1, 0.15) is 0 Å². The number of pyridine rings is 1. The third kappa shape index (κ3) is 1.13. The Balaban J connectivity index is 2.62. The Morgan fingerprint density at radius 3 is 2.73 bits per heavy atom. The summed E-state index contributed by atoms with van der Waals surface area (Å²) in [6.45, 7) is 0. The van der Waals surface area contributed by atoms with Crippen molar-refractivity contribution in [3.8, 4) is 0 Å². The van der Waals surface area contributed by atoms with E-state index in [1.54, 1.807) is 6.20 Å². The first-order valence-corrected chi connectivity index (χ1v) is 4.75. The largest absolute Gasteiger partial charge is 0.398 e. The normalized spacial score (nSPS) is 10.9. The number of nitrogens with two attached hydrogens (primary N) is 1. The van der Waals surface area contributed by atoms with E-state index in [2.05, 4.69) is 9.97 Å². The van der Waals surface area contributed by atoms with Crippen LogP contribution >= 0.6 is 0 Å². The molecule has 3 heteroatoms. The molecule has 1 aromatic carbocycles. The van der Waals surface area contributed by atoms with Crippen LogP contribution in [0.4, 0.5) is 5.69 Å². The summed E-state index contributed by atoms with van der Waals surface area (Å²) in [5, 5.41) is 1.90. The van der Waals surface area contributed by atoms with Gasteiger partial charge in [0.2, 0.25) is 0 Å². The molecule has 0 saturated heterocycles. The van der Waals surface area contributed by atoms with Gasteiger partial charge in [0.05, 0.1) is 11.2 Å². The van der Waals surface area contributed by atoms with Crippen molar-refractivity contribution in [3.05, 3.63) is 42.6 Å². The quantitative estimate of drug-likeness (QED) is 0.599. The number of rotatable bonds is 0. The highest BCUT2D eigenvalue weighted by atomic mass is 14.9. The number of hydrogen-bond donors (Lipinski definition) is 1. The Hall–Kier alpha value is -2.16. The summed E-state index contributed by atoms with van der Waals surface area (Å²) in [4.78, 5) is 8.61. The average Bonchev–Trinajstić information content (AvgIpc) is 2.56. The van der Waals surface area contributed by atoms with Crippen LogP contribution in [-0.4, -0.2) is 9.97 Å². The predicted octanol–water partition coefficient (Wildman–Crippen LogP) is 2.37. The second-order valence-electron chi connectivity index (χ2n) is 3.42. The highest BCUT2D eigenvalue weighted by Crippen LogP contribution is 2.26. The van der Waals surface area contributed by atoms with Crippen molar-refractivity contribution >= 4 is 27.6 Å². The van der Waals surface area contributed by atoms with Crippen LogP contribution in [0.15, 0.2) is 42.6 Å². The van der Waals surface area contributed by atoms with E-state index < -0.39 is 0 Å². The van der Waals surface area contributed by atoms with E-state index in [9.17, 15) is 0 Å². The van der Waals surface area contributed by atoms with Gasteiger partial charge in [-0.3, -0.25) is 0 Å². The first kappa shape index (κ1) is 8.17.